The summed E-state index contributed by atoms with van der Waals surface area (Å²) in [6, 6.07) is 7.41. The average Bonchev–Trinajstić information content (AvgIpc) is 2.33. The Morgan fingerprint density at radius 2 is 1.88 bits per heavy atom. The van der Waals surface area contributed by atoms with E-state index < -0.39 is 0 Å². The van der Waals surface area contributed by atoms with Gasteiger partial charge < -0.3 is 9.84 Å². The number of aliphatic hydroxyl groups is 1. The van der Waals surface area contributed by atoms with Gasteiger partial charge in [-0.1, -0.05) is 15.9 Å². The molecule has 0 saturated carbocycles. The first-order chi connectivity index (χ1) is 7.78. The molecular weight excluding hydrogens is 272 g/mol. The fraction of sp³-hybridized carbons (Fsp3) is 0.0909. The lowest BCUT2D eigenvalue weighted by Crippen LogP contribution is -1.93. The number of ether oxygens (including phenoxy) is 1. The van der Waals surface area contributed by atoms with E-state index in [1.807, 2.05) is 24.3 Å². The Morgan fingerprint density at radius 3 is 2.44 bits per heavy atom. The first-order valence-corrected chi connectivity index (χ1v) is 5.42. The Kier molecular flexibility index (Phi) is 3.48. The van der Waals surface area contributed by atoms with Crippen LogP contribution < -0.4 is 4.74 Å². The highest BCUT2D eigenvalue weighted by molar-refractivity contribution is 9.10. The van der Waals surface area contributed by atoms with Gasteiger partial charge in [-0.2, -0.15) is 0 Å². The highest BCUT2D eigenvalue weighted by Gasteiger charge is 1.99. The summed E-state index contributed by atoms with van der Waals surface area (Å²) in [5.41, 5.74) is 0.517. The highest BCUT2D eigenvalue weighted by atomic mass is 79.9. The van der Waals surface area contributed by atoms with Crippen molar-refractivity contribution >= 4 is 15.9 Å². The van der Waals surface area contributed by atoms with E-state index in [4.69, 9.17) is 9.84 Å². The van der Waals surface area contributed by atoms with Gasteiger partial charge in [0.05, 0.1) is 24.7 Å². The quantitative estimate of drug-likeness (QED) is 0.939. The van der Waals surface area contributed by atoms with E-state index in [-0.39, 0.29) is 6.61 Å². The molecular formula is C11H9BrN2O2. The van der Waals surface area contributed by atoms with Gasteiger partial charge in [-0.15, -0.1) is 0 Å². The van der Waals surface area contributed by atoms with E-state index in [0.717, 1.165) is 4.47 Å². The van der Waals surface area contributed by atoms with Gasteiger partial charge in [-0.3, -0.25) is 4.98 Å². The summed E-state index contributed by atoms with van der Waals surface area (Å²) in [5.74, 6) is 1.09. The van der Waals surface area contributed by atoms with E-state index in [1.165, 1.54) is 12.4 Å². The zero-order chi connectivity index (χ0) is 11.4. The van der Waals surface area contributed by atoms with Crippen LogP contribution in [0.1, 0.15) is 5.69 Å². The minimum absolute atomic E-state index is 0.119. The lowest BCUT2D eigenvalue weighted by Gasteiger charge is -2.04. The zero-order valence-electron chi connectivity index (χ0n) is 8.30. The molecule has 82 valence electrons. The van der Waals surface area contributed by atoms with Crippen LogP contribution in [-0.2, 0) is 6.61 Å². The molecule has 1 aromatic heterocycles. The topological polar surface area (TPSA) is 55.2 Å². The largest absolute Gasteiger partial charge is 0.438 e. The summed E-state index contributed by atoms with van der Waals surface area (Å²) < 4.78 is 6.44. The SMILES string of the molecule is OCc1cnc(Oc2ccc(Br)cc2)cn1. The van der Waals surface area contributed by atoms with Crippen LogP contribution in [0.15, 0.2) is 41.1 Å². The number of nitrogens with zero attached hydrogens (tertiary/aromatic N) is 2. The minimum atomic E-state index is -0.119. The van der Waals surface area contributed by atoms with E-state index in [9.17, 15) is 0 Å². The molecule has 1 heterocycles. The van der Waals surface area contributed by atoms with Gasteiger partial charge in [0.2, 0.25) is 5.88 Å². The minimum Gasteiger partial charge on any atom is -0.438 e. The predicted octanol–water partition coefficient (Wildman–Crippen LogP) is 2.52. The maximum Gasteiger partial charge on any atom is 0.237 e. The van der Waals surface area contributed by atoms with Crippen LogP contribution in [0.3, 0.4) is 0 Å². The second kappa shape index (κ2) is 5.05. The molecule has 4 nitrogen and oxygen atoms in total. The summed E-state index contributed by atoms with van der Waals surface area (Å²) in [6.07, 6.45) is 2.96. The molecule has 0 aliphatic rings. The summed E-state index contributed by atoms with van der Waals surface area (Å²) in [7, 11) is 0. The van der Waals surface area contributed by atoms with Crippen LogP contribution in [0.4, 0.5) is 0 Å². The molecule has 0 spiro atoms. The van der Waals surface area contributed by atoms with Crippen molar-refractivity contribution in [2.24, 2.45) is 0 Å². The molecule has 2 rings (SSSR count). The third-order valence-corrected chi connectivity index (χ3v) is 2.41. The number of aromatic nitrogens is 2. The van der Waals surface area contributed by atoms with Crippen LogP contribution in [0.5, 0.6) is 11.6 Å². The molecule has 0 unspecified atom stereocenters. The standard InChI is InChI=1S/C11H9BrN2O2/c12-8-1-3-10(4-2-8)16-11-6-13-9(7-15)5-14-11/h1-6,15H,7H2. The molecule has 0 fully saturated rings. The molecule has 1 N–H and O–H groups in total. The van der Waals surface area contributed by atoms with E-state index in [2.05, 4.69) is 25.9 Å². The third-order valence-electron chi connectivity index (χ3n) is 1.88. The van der Waals surface area contributed by atoms with E-state index in [0.29, 0.717) is 17.3 Å². The zero-order valence-corrected chi connectivity index (χ0v) is 9.89. The number of benzene rings is 1. The van der Waals surface area contributed by atoms with Gasteiger partial charge in [-0.05, 0) is 24.3 Å². The normalized spacial score (nSPS) is 10.1. The summed E-state index contributed by atoms with van der Waals surface area (Å²) in [6.45, 7) is -0.119. The molecule has 0 bridgehead atoms. The molecule has 0 atom stereocenters. The first-order valence-electron chi connectivity index (χ1n) is 4.63. The molecule has 0 aliphatic heterocycles. The number of hydrogen-bond donors (Lipinski definition) is 1. The molecule has 16 heavy (non-hydrogen) atoms. The lowest BCUT2D eigenvalue weighted by molar-refractivity contribution is 0.276. The monoisotopic (exact) mass is 280 g/mol. The Morgan fingerprint density at radius 1 is 1.12 bits per heavy atom. The molecule has 1 aromatic carbocycles. The van der Waals surface area contributed by atoms with Crippen molar-refractivity contribution in [3.8, 4) is 11.6 Å². The molecule has 2 aromatic rings. The van der Waals surface area contributed by atoms with Crippen molar-refractivity contribution in [2.75, 3.05) is 0 Å². The van der Waals surface area contributed by atoms with Gasteiger partial charge >= 0.3 is 0 Å². The Balaban J connectivity index is 2.11. The average molecular weight is 281 g/mol. The summed E-state index contributed by atoms with van der Waals surface area (Å²) >= 11 is 3.34. The third kappa shape index (κ3) is 2.77. The fourth-order valence-corrected chi connectivity index (χ4v) is 1.37. The fourth-order valence-electron chi connectivity index (χ4n) is 1.10. The smallest absolute Gasteiger partial charge is 0.237 e. The molecule has 0 radical (unpaired) electrons. The number of halogens is 1. The Bertz CT molecular complexity index is 456. The van der Waals surface area contributed by atoms with Crippen LogP contribution in [0.25, 0.3) is 0 Å². The van der Waals surface area contributed by atoms with Crippen molar-refractivity contribution in [2.45, 2.75) is 6.61 Å². The van der Waals surface area contributed by atoms with E-state index >= 15 is 0 Å². The second-order valence-electron chi connectivity index (χ2n) is 3.06. The summed E-state index contributed by atoms with van der Waals surface area (Å²) in [5, 5.41) is 8.80. The van der Waals surface area contributed by atoms with Gasteiger partial charge in [-0.25, -0.2) is 4.98 Å². The maximum atomic E-state index is 8.80. The van der Waals surface area contributed by atoms with Gasteiger partial charge in [0.15, 0.2) is 0 Å². The first kappa shape index (κ1) is 11.0. The summed E-state index contributed by atoms with van der Waals surface area (Å²) in [4.78, 5) is 7.97. The number of hydrogen-bond acceptors (Lipinski definition) is 4. The van der Waals surface area contributed by atoms with Crippen LogP contribution >= 0.6 is 15.9 Å². The van der Waals surface area contributed by atoms with Gasteiger partial charge in [0.25, 0.3) is 0 Å². The molecule has 0 aliphatic carbocycles. The van der Waals surface area contributed by atoms with E-state index in [1.54, 1.807) is 0 Å². The predicted molar refractivity (Wildman–Crippen MR) is 62.2 cm³/mol. The van der Waals surface area contributed by atoms with Crippen molar-refractivity contribution in [1.82, 2.24) is 9.97 Å². The Labute approximate surface area is 101 Å². The van der Waals surface area contributed by atoms with Crippen molar-refractivity contribution < 1.29 is 9.84 Å². The highest BCUT2D eigenvalue weighted by Crippen LogP contribution is 2.20. The lowest BCUT2D eigenvalue weighted by atomic mass is 10.3. The molecule has 0 saturated heterocycles. The molecule has 0 amide bonds. The maximum absolute atomic E-state index is 8.80. The number of rotatable bonds is 3. The molecule has 5 heteroatoms. The van der Waals surface area contributed by atoms with Crippen LogP contribution in [-0.4, -0.2) is 15.1 Å². The van der Waals surface area contributed by atoms with Crippen molar-refractivity contribution in [1.29, 1.82) is 0 Å². The van der Waals surface area contributed by atoms with Gasteiger partial charge in [0, 0.05) is 4.47 Å². The van der Waals surface area contributed by atoms with Crippen molar-refractivity contribution in [3.63, 3.8) is 0 Å². The second-order valence-corrected chi connectivity index (χ2v) is 3.98. The van der Waals surface area contributed by atoms with Gasteiger partial charge in [0.1, 0.15) is 5.75 Å². The van der Waals surface area contributed by atoms with Crippen LogP contribution in [0.2, 0.25) is 0 Å². The van der Waals surface area contributed by atoms with Crippen molar-refractivity contribution in [3.05, 3.63) is 46.8 Å². The van der Waals surface area contributed by atoms with Crippen LogP contribution in [0, 0.1) is 0 Å². The Hall–Kier alpha value is -1.46. The number of aliphatic hydroxyl groups excluding tert-OH is 1.